The standard InChI is InChI=1S/C22H29N3O2S/c1-16-13-17(2)22(18(3)14-16)28(26,27)25-20-9-10-21(24-15-20)23-12-11-19-7-5-4-6-8-19/h7,9-10,13-15,25H,4-6,8,11-12H2,1-3H3,(H,23,24). The van der Waals surface area contributed by atoms with Gasteiger partial charge in [0.1, 0.15) is 5.82 Å². The first kappa shape index (κ1) is 20.4. The lowest BCUT2D eigenvalue weighted by Crippen LogP contribution is -2.16. The van der Waals surface area contributed by atoms with Crippen molar-refractivity contribution in [3.05, 3.63) is 58.8 Å². The van der Waals surface area contributed by atoms with Gasteiger partial charge in [-0.25, -0.2) is 13.4 Å². The van der Waals surface area contributed by atoms with Crippen LogP contribution in [0.1, 0.15) is 48.8 Å². The predicted molar refractivity (Wildman–Crippen MR) is 115 cm³/mol. The minimum Gasteiger partial charge on any atom is -0.370 e. The van der Waals surface area contributed by atoms with Crippen LogP contribution >= 0.6 is 0 Å². The van der Waals surface area contributed by atoms with Gasteiger partial charge in [0.25, 0.3) is 10.0 Å². The molecule has 150 valence electrons. The number of pyridine rings is 1. The van der Waals surface area contributed by atoms with E-state index in [2.05, 4.69) is 21.1 Å². The molecule has 1 heterocycles. The maximum atomic E-state index is 12.8. The van der Waals surface area contributed by atoms with E-state index in [1.807, 2.05) is 39.0 Å². The van der Waals surface area contributed by atoms with E-state index in [0.29, 0.717) is 10.6 Å². The van der Waals surface area contributed by atoms with Crippen molar-refractivity contribution in [2.45, 2.75) is 57.8 Å². The fourth-order valence-corrected chi connectivity index (χ4v) is 5.34. The van der Waals surface area contributed by atoms with Crippen LogP contribution in [-0.2, 0) is 10.0 Å². The summed E-state index contributed by atoms with van der Waals surface area (Å²) in [7, 11) is -3.65. The Balaban J connectivity index is 1.63. The maximum absolute atomic E-state index is 12.8. The van der Waals surface area contributed by atoms with E-state index in [1.165, 1.54) is 31.3 Å². The van der Waals surface area contributed by atoms with Crippen LogP contribution in [0.5, 0.6) is 0 Å². The van der Waals surface area contributed by atoms with Crippen LogP contribution in [-0.4, -0.2) is 19.9 Å². The topological polar surface area (TPSA) is 71.1 Å². The minimum atomic E-state index is -3.65. The summed E-state index contributed by atoms with van der Waals surface area (Å²) in [6, 6.07) is 7.32. The van der Waals surface area contributed by atoms with Gasteiger partial charge in [0.15, 0.2) is 0 Å². The first-order chi connectivity index (χ1) is 13.3. The number of nitrogens with zero attached hydrogens (tertiary/aromatic N) is 1. The molecule has 1 aromatic carbocycles. The van der Waals surface area contributed by atoms with Crippen LogP contribution in [0.3, 0.4) is 0 Å². The van der Waals surface area contributed by atoms with Crippen LogP contribution in [0.2, 0.25) is 0 Å². The van der Waals surface area contributed by atoms with E-state index >= 15 is 0 Å². The number of hydrogen-bond donors (Lipinski definition) is 2. The first-order valence-electron chi connectivity index (χ1n) is 9.84. The molecule has 0 radical (unpaired) electrons. The van der Waals surface area contributed by atoms with E-state index in [1.54, 1.807) is 12.3 Å². The molecule has 5 nitrogen and oxygen atoms in total. The van der Waals surface area contributed by atoms with Gasteiger partial charge in [0, 0.05) is 6.54 Å². The first-order valence-corrected chi connectivity index (χ1v) is 11.3. The number of aryl methyl sites for hydroxylation is 3. The lowest BCUT2D eigenvalue weighted by Gasteiger charge is -2.15. The van der Waals surface area contributed by atoms with E-state index in [9.17, 15) is 8.42 Å². The molecule has 0 saturated carbocycles. The van der Waals surface area contributed by atoms with Gasteiger partial charge in [0.2, 0.25) is 0 Å². The lowest BCUT2D eigenvalue weighted by molar-refractivity contribution is 0.600. The Morgan fingerprint density at radius 3 is 2.43 bits per heavy atom. The number of rotatable bonds is 7. The van der Waals surface area contributed by atoms with Crippen LogP contribution in [0, 0.1) is 20.8 Å². The van der Waals surface area contributed by atoms with Crippen molar-refractivity contribution in [2.24, 2.45) is 0 Å². The van der Waals surface area contributed by atoms with Gasteiger partial charge in [0.05, 0.1) is 16.8 Å². The second-order valence-corrected chi connectivity index (χ2v) is 9.17. The number of benzene rings is 1. The maximum Gasteiger partial charge on any atom is 0.262 e. The van der Waals surface area contributed by atoms with Gasteiger partial charge in [-0.2, -0.15) is 0 Å². The normalized spacial score (nSPS) is 14.5. The molecule has 1 aromatic heterocycles. The van der Waals surface area contributed by atoms with Crippen molar-refractivity contribution in [1.29, 1.82) is 0 Å². The highest BCUT2D eigenvalue weighted by molar-refractivity contribution is 7.92. The van der Waals surface area contributed by atoms with Crippen LogP contribution in [0.15, 0.2) is 47.0 Å². The quantitative estimate of drug-likeness (QED) is 0.635. The summed E-state index contributed by atoms with van der Waals surface area (Å²) in [5, 5.41) is 3.31. The predicted octanol–water partition coefficient (Wildman–Crippen LogP) is 5.11. The van der Waals surface area contributed by atoms with Gasteiger partial charge in [-0.15, -0.1) is 0 Å². The van der Waals surface area contributed by atoms with E-state index in [-0.39, 0.29) is 0 Å². The molecule has 1 aliphatic rings. The summed E-state index contributed by atoms with van der Waals surface area (Å²) in [6.45, 7) is 6.44. The third-order valence-corrected chi connectivity index (χ3v) is 6.71. The second kappa shape index (κ2) is 8.78. The van der Waals surface area contributed by atoms with Crippen LogP contribution < -0.4 is 10.0 Å². The highest BCUT2D eigenvalue weighted by Gasteiger charge is 2.20. The molecular weight excluding hydrogens is 370 g/mol. The Kier molecular flexibility index (Phi) is 6.39. The van der Waals surface area contributed by atoms with Gasteiger partial charge in [-0.1, -0.05) is 29.3 Å². The highest BCUT2D eigenvalue weighted by atomic mass is 32.2. The number of hydrogen-bond acceptors (Lipinski definition) is 4. The molecule has 0 atom stereocenters. The van der Waals surface area contributed by atoms with Crippen molar-refractivity contribution >= 4 is 21.5 Å². The molecule has 3 rings (SSSR count). The number of aromatic nitrogens is 1. The Hall–Kier alpha value is -2.34. The van der Waals surface area contributed by atoms with E-state index < -0.39 is 10.0 Å². The highest BCUT2D eigenvalue weighted by Crippen LogP contribution is 2.24. The molecular formula is C22H29N3O2S. The molecule has 0 aliphatic heterocycles. The monoisotopic (exact) mass is 399 g/mol. The molecule has 0 bridgehead atoms. The summed E-state index contributed by atoms with van der Waals surface area (Å²) < 4.78 is 28.3. The zero-order valence-electron chi connectivity index (χ0n) is 16.9. The van der Waals surface area contributed by atoms with Crippen molar-refractivity contribution in [1.82, 2.24) is 4.98 Å². The average molecular weight is 400 g/mol. The number of allylic oxidation sites excluding steroid dienone is 1. The number of anilines is 2. The molecule has 28 heavy (non-hydrogen) atoms. The molecule has 0 unspecified atom stereocenters. The molecule has 0 spiro atoms. The zero-order chi connectivity index (χ0) is 20.1. The van der Waals surface area contributed by atoms with Gasteiger partial charge < -0.3 is 5.32 Å². The van der Waals surface area contributed by atoms with Crippen molar-refractivity contribution in [2.75, 3.05) is 16.6 Å². The average Bonchev–Trinajstić information content (AvgIpc) is 2.62. The summed E-state index contributed by atoms with van der Waals surface area (Å²) in [5.74, 6) is 0.752. The third kappa shape index (κ3) is 5.13. The Morgan fingerprint density at radius 2 is 1.82 bits per heavy atom. The van der Waals surface area contributed by atoms with Crippen molar-refractivity contribution in [3.63, 3.8) is 0 Å². The van der Waals surface area contributed by atoms with Gasteiger partial charge in [-0.3, -0.25) is 4.72 Å². The van der Waals surface area contributed by atoms with Gasteiger partial charge in [-0.05, 0) is 76.1 Å². The lowest BCUT2D eigenvalue weighted by atomic mass is 9.97. The molecule has 1 aliphatic carbocycles. The molecule has 2 N–H and O–H groups in total. The summed E-state index contributed by atoms with van der Waals surface area (Å²) in [4.78, 5) is 4.67. The largest absolute Gasteiger partial charge is 0.370 e. The van der Waals surface area contributed by atoms with Crippen molar-refractivity contribution < 1.29 is 8.42 Å². The SMILES string of the molecule is Cc1cc(C)c(S(=O)(=O)Nc2ccc(NCCC3=CCCCC3)nc2)c(C)c1. The molecule has 0 saturated heterocycles. The van der Waals surface area contributed by atoms with Crippen LogP contribution in [0.25, 0.3) is 0 Å². The summed E-state index contributed by atoms with van der Waals surface area (Å²) >= 11 is 0. The van der Waals surface area contributed by atoms with Crippen LogP contribution in [0.4, 0.5) is 11.5 Å². The molecule has 0 fully saturated rings. The number of nitrogens with one attached hydrogen (secondary N) is 2. The molecule has 2 aromatic rings. The Labute approximate surface area is 168 Å². The van der Waals surface area contributed by atoms with Gasteiger partial charge >= 0.3 is 0 Å². The fourth-order valence-electron chi connectivity index (χ4n) is 3.84. The second-order valence-electron chi connectivity index (χ2n) is 7.55. The number of sulfonamides is 1. The molecule has 0 amide bonds. The minimum absolute atomic E-state index is 0.334. The van der Waals surface area contributed by atoms with E-state index in [0.717, 1.165) is 35.5 Å². The molecule has 6 heteroatoms. The van der Waals surface area contributed by atoms with Crippen molar-refractivity contribution in [3.8, 4) is 0 Å². The third-order valence-electron chi connectivity index (χ3n) is 5.03. The smallest absolute Gasteiger partial charge is 0.262 e. The Bertz CT molecular complexity index is 941. The zero-order valence-corrected chi connectivity index (χ0v) is 17.7. The fraction of sp³-hybridized carbons (Fsp3) is 0.409. The Morgan fingerprint density at radius 1 is 1.07 bits per heavy atom. The summed E-state index contributed by atoms with van der Waals surface area (Å²) in [5.41, 5.74) is 4.52. The summed E-state index contributed by atoms with van der Waals surface area (Å²) in [6.07, 6.45) is 9.93. The van der Waals surface area contributed by atoms with E-state index in [4.69, 9.17) is 0 Å².